The van der Waals surface area contributed by atoms with Crippen molar-refractivity contribution < 1.29 is 16.8 Å². The van der Waals surface area contributed by atoms with E-state index in [0.29, 0.717) is 0 Å². The summed E-state index contributed by atoms with van der Waals surface area (Å²) < 4.78 is 53.6. The van der Waals surface area contributed by atoms with E-state index >= 15 is 0 Å². The summed E-state index contributed by atoms with van der Waals surface area (Å²) >= 11 is 11.6. The van der Waals surface area contributed by atoms with Crippen LogP contribution in [0.1, 0.15) is 13.8 Å². The summed E-state index contributed by atoms with van der Waals surface area (Å²) in [5, 5.41) is 0.360. The summed E-state index contributed by atoms with van der Waals surface area (Å²) in [7, 11) is -7.52. The van der Waals surface area contributed by atoms with Crippen molar-refractivity contribution >= 4 is 48.9 Å². The average molecular weight is 423 g/mol. The molecule has 0 spiro atoms. The highest BCUT2D eigenvalue weighted by Gasteiger charge is 2.18. The molecule has 0 radical (unpaired) electrons. The van der Waals surface area contributed by atoms with E-state index in [-0.39, 0.29) is 31.6 Å². The Morgan fingerprint density at radius 1 is 0.800 bits per heavy atom. The van der Waals surface area contributed by atoms with Gasteiger partial charge in [-0.3, -0.25) is 4.72 Å². The van der Waals surface area contributed by atoms with Gasteiger partial charge in [0.25, 0.3) is 10.0 Å². The minimum Gasteiger partial charge on any atom is -0.280 e. The van der Waals surface area contributed by atoms with E-state index in [0.717, 1.165) is 0 Å². The van der Waals surface area contributed by atoms with E-state index in [1.54, 1.807) is 13.8 Å². The maximum Gasteiger partial charge on any atom is 0.261 e. The van der Waals surface area contributed by atoms with Crippen LogP contribution in [0.5, 0.6) is 0 Å². The van der Waals surface area contributed by atoms with Gasteiger partial charge >= 0.3 is 0 Å². The highest BCUT2D eigenvalue weighted by molar-refractivity contribution is 7.92. The van der Waals surface area contributed by atoms with E-state index in [1.807, 2.05) is 0 Å². The Hall–Kier alpha value is -1.32. The van der Waals surface area contributed by atoms with Gasteiger partial charge in [0, 0.05) is 11.7 Å². The Balaban J connectivity index is 2.24. The van der Waals surface area contributed by atoms with Gasteiger partial charge in [-0.25, -0.2) is 21.6 Å². The van der Waals surface area contributed by atoms with Gasteiger partial charge in [-0.15, -0.1) is 0 Å². The lowest BCUT2D eigenvalue weighted by Crippen LogP contribution is -2.30. The number of sulfonamides is 2. The highest BCUT2D eigenvalue weighted by Crippen LogP contribution is 2.26. The van der Waals surface area contributed by atoms with Crippen LogP contribution in [0.3, 0.4) is 0 Å². The van der Waals surface area contributed by atoms with Crippen LogP contribution in [-0.2, 0) is 20.0 Å². The minimum absolute atomic E-state index is 0.0404. The smallest absolute Gasteiger partial charge is 0.261 e. The second-order valence-corrected chi connectivity index (χ2v) is 9.69. The van der Waals surface area contributed by atoms with Crippen LogP contribution >= 0.6 is 23.2 Å². The Labute approximate surface area is 157 Å². The van der Waals surface area contributed by atoms with Crippen LogP contribution in [0.15, 0.2) is 52.3 Å². The van der Waals surface area contributed by atoms with E-state index in [2.05, 4.69) is 9.44 Å². The maximum absolute atomic E-state index is 12.3. The average Bonchev–Trinajstić information content (AvgIpc) is 2.48. The highest BCUT2D eigenvalue weighted by atomic mass is 35.5. The molecule has 2 rings (SSSR count). The summed E-state index contributed by atoms with van der Waals surface area (Å²) in [6, 6.07) is 9.05. The third kappa shape index (κ3) is 5.08. The minimum atomic E-state index is -3.88. The summed E-state index contributed by atoms with van der Waals surface area (Å²) in [5.74, 6) is 0. The zero-order valence-corrected chi connectivity index (χ0v) is 16.5. The van der Waals surface area contributed by atoms with Gasteiger partial charge in [0.1, 0.15) is 0 Å². The normalized spacial score (nSPS) is 12.4. The fraction of sp³-hybridized carbons (Fsp3) is 0.200. The molecule has 0 bridgehead atoms. The Bertz CT molecular complexity index is 973. The van der Waals surface area contributed by atoms with Gasteiger partial charge in [-0.1, -0.05) is 23.2 Å². The Morgan fingerprint density at radius 3 is 1.88 bits per heavy atom. The van der Waals surface area contributed by atoms with Crippen molar-refractivity contribution in [3.63, 3.8) is 0 Å². The third-order valence-corrected chi connectivity index (χ3v) is 6.80. The van der Waals surface area contributed by atoms with Crippen molar-refractivity contribution in [2.24, 2.45) is 0 Å². The predicted molar refractivity (Wildman–Crippen MR) is 99.2 cm³/mol. The van der Waals surface area contributed by atoms with Crippen molar-refractivity contribution in [2.75, 3.05) is 4.72 Å². The Kier molecular flexibility index (Phi) is 6.01. The van der Waals surface area contributed by atoms with Crippen molar-refractivity contribution in [2.45, 2.75) is 29.7 Å². The third-order valence-electron chi connectivity index (χ3n) is 3.01. The van der Waals surface area contributed by atoms with Crippen LogP contribution < -0.4 is 9.44 Å². The molecule has 0 atom stereocenters. The van der Waals surface area contributed by atoms with Crippen LogP contribution in [0.25, 0.3) is 0 Å². The maximum atomic E-state index is 12.3. The second kappa shape index (κ2) is 7.51. The summed E-state index contributed by atoms with van der Waals surface area (Å²) in [4.78, 5) is -0.0150. The van der Waals surface area contributed by atoms with Gasteiger partial charge in [-0.05, 0) is 56.3 Å². The lowest BCUT2D eigenvalue weighted by atomic mass is 10.3. The topological polar surface area (TPSA) is 92.3 Å². The molecule has 0 fully saturated rings. The number of benzene rings is 2. The lowest BCUT2D eigenvalue weighted by molar-refractivity contribution is 0.570. The molecule has 2 N–H and O–H groups in total. The molecule has 0 aliphatic rings. The largest absolute Gasteiger partial charge is 0.280 e. The molecule has 2 aromatic rings. The summed E-state index contributed by atoms with van der Waals surface area (Å²) in [6.45, 7) is 3.41. The first-order valence-electron chi connectivity index (χ1n) is 7.11. The number of nitrogens with one attached hydrogen (secondary N) is 2. The molecule has 10 heteroatoms. The fourth-order valence-electron chi connectivity index (χ4n) is 1.94. The molecule has 0 saturated heterocycles. The number of rotatable bonds is 6. The van der Waals surface area contributed by atoms with E-state index in [1.165, 1.54) is 42.5 Å². The molecule has 136 valence electrons. The molecule has 0 aliphatic carbocycles. The molecule has 0 amide bonds. The van der Waals surface area contributed by atoms with Gasteiger partial charge in [0.05, 0.1) is 19.8 Å². The molecule has 6 nitrogen and oxygen atoms in total. The summed E-state index contributed by atoms with van der Waals surface area (Å²) in [6.07, 6.45) is 0. The van der Waals surface area contributed by atoms with E-state index < -0.39 is 20.0 Å². The van der Waals surface area contributed by atoms with Gasteiger partial charge in [0.2, 0.25) is 10.0 Å². The zero-order valence-electron chi connectivity index (χ0n) is 13.3. The molecule has 2 aromatic carbocycles. The number of halogens is 2. The van der Waals surface area contributed by atoms with Gasteiger partial charge in [0.15, 0.2) is 0 Å². The predicted octanol–water partition coefficient (Wildman–Crippen LogP) is 3.48. The first-order chi connectivity index (χ1) is 11.5. The molecule has 0 saturated carbocycles. The standard InChI is InChI=1S/C15H16Cl2N2O4S2/c1-10(2)18-24(20,21)12-5-3-11(4-6-12)19-25(22,23)13-7-8-14(16)15(17)9-13/h3-10,18-19H,1-2H3. The monoisotopic (exact) mass is 422 g/mol. The molecular weight excluding hydrogens is 407 g/mol. The Morgan fingerprint density at radius 2 is 1.36 bits per heavy atom. The SMILES string of the molecule is CC(C)NS(=O)(=O)c1ccc(NS(=O)(=O)c2ccc(Cl)c(Cl)c2)cc1. The van der Waals surface area contributed by atoms with E-state index in [9.17, 15) is 16.8 Å². The molecule has 0 aliphatic heterocycles. The van der Waals surface area contributed by atoms with Crippen LogP contribution in [0.4, 0.5) is 5.69 Å². The summed E-state index contributed by atoms with van der Waals surface area (Å²) in [5.41, 5.74) is 0.217. The van der Waals surface area contributed by atoms with Crippen molar-refractivity contribution in [1.82, 2.24) is 4.72 Å². The van der Waals surface area contributed by atoms with E-state index in [4.69, 9.17) is 23.2 Å². The molecule has 0 aromatic heterocycles. The first kappa shape index (κ1) is 20.0. The van der Waals surface area contributed by atoms with Gasteiger partial charge < -0.3 is 0 Å². The quantitative estimate of drug-likeness (QED) is 0.744. The fourth-order valence-corrected chi connectivity index (χ4v) is 4.64. The lowest BCUT2D eigenvalue weighted by Gasteiger charge is -2.11. The zero-order chi connectivity index (χ0) is 18.8. The molecule has 0 heterocycles. The number of hydrogen-bond acceptors (Lipinski definition) is 4. The van der Waals surface area contributed by atoms with Crippen LogP contribution in [-0.4, -0.2) is 22.9 Å². The number of anilines is 1. The van der Waals surface area contributed by atoms with Crippen LogP contribution in [0.2, 0.25) is 10.0 Å². The number of hydrogen-bond donors (Lipinski definition) is 2. The first-order valence-corrected chi connectivity index (χ1v) is 10.8. The molecule has 25 heavy (non-hydrogen) atoms. The van der Waals surface area contributed by atoms with Crippen molar-refractivity contribution in [3.8, 4) is 0 Å². The molecule has 0 unspecified atom stereocenters. The second-order valence-electron chi connectivity index (χ2n) is 5.48. The van der Waals surface area contributed by atoms with Gasteiger partial charge in [-0.2, -0.15) is 0 Å². The van der Waals surface area contributed by atoms with Crippen LogP contribution in [0, 0.1) is 0 Å². The van der Waals surface area contributed by atoms with Crippen molar-refractivity contribution in [3.05, 3.63) is 52.5 Å². The van der Waals surface area contributed by atoms with Crippen molar-refractivity contribution in [1.29, 1.82) is 0 Å². The molecular formula is C15H16Cl2N2O4S2.